The lowest BCUT2D eigenvalue weighted by atomic mass is 9.87. The maximum absolute atomic E-state index is 12.6. The first-order valence-corrected chi connectivity index (χ1v) is 4.95. The topological polar surface area (TPSA) is 38.0 Å². The van der Waals surface area contributed by atoms with Gasteiger partial charge in [-0.2, -0.15) is 0 Å². The van der Waals surface area contributed by atoms with Crippen LogP contribution in [0.25, 0.3) is 0 Å². The van der Waals surface area contributed by atoms with Crippen LogP contribution < -0.4 is 11.1 Å². The van der Waals surface area contributed by atoms with E-state index in [-0.39, 0.29) is 0 Å². The SMILES string of the molecule is C=C(F)[C@H](N)N[C@@H]1CCC[C@H](C)C1. The van der Waals surface area contributed by atoms with Gasteiger partial charge in [-0.1, -0.05) is 26.3 Å². The Morgan fingerprint density at radius 1 is 1.62 bits per heavy atom. The summed E-state index contributed by atoms with van der Waals surface area (Å²) in [5, 5.41) is 3.05. The summed E-state index contributed by atoms with van der Waals surface area (Å²) in [7, 11) is 0. The molecule has 0 aromatic rings. The molecule has 1 saturated carbocycles. The quantitative estimate of drug-likeness (QED) is 0.661. The second-order valence-electron chi connectivity index (χ2n) is 4.06. The first-order chi connectivity index (χ1) is 6.09. The second-order valence-corrected chi connectivity index (χ2v) is 4.06. The van der Waals surface area contributed by atoms with Gasteiger partial charge in [0.05, 0.1) is 0 Å². The fourth-order valence-corrected chi connectivity index (χ4v) is 1.93. The summed E-state index contributed by atoms with van der Waals surface area (Å²) in [6, 6.07) is 0.367. The van der Waals surface area contributed by atoms with Crippen molar-refractivity contribution in [3.8, 4) is 0 Å². The Labute approximate surface area is 79.4 Å². The van der Waals surface area contributed by atoms with Crippen LogP contribution in [0.5, 0.6) is 0 Å². The van der Waals surface area contributed by atoms with Crippen LogP contribution in [-0.2, 0) is 0 Å². The molecule has 0 aromatic carbocycles. The molecule has 76 valence electrons. The van der Waals surface area contributed by atoms with E-state index in [4.69, 9.17) is 5.73 Å². The fourth-order valence-electron chi connectivity index (χ4n) is 1.93. The van der Waals surface area contributed by atoms with Gasteiger partial charge in [0.15, 0.2) is 0 Å². The van der Waals surface area contributed by atoms with Crippen LogP contribution >= 0.6 is 0 Å². The van der Waals surface area contributed by atoms with Gasteiger partial charge in [-0.15, -0.1) is 0 Å². The minimum atomic E-state index is -0.685. The Morgan fingerprint density at radius 3 is 2.85 bits per heavy atom. The van der Waals surface area contributed by atoms with E-state index in [1.807, 2.05) is 0 Å². The van der Waals surface area contributed by atoms with E-state index in [1.165, 1.54) is 12.8 Å². The fraction of sp³-hybridized carbons (Fsp3) is 0.800. The third kappa shape index (κ3) is 3.44. The lowest BCUT2D eigenvalue weighted by molar-refractivity contribution is 0.281. The molecule has 0 spiro atoms. The smallest absolute Gasteiger partial charge is 0.124 e. The maximum atomic E-state index is 12.6. The molecule has 0 bridgehead atoms. The molecule has 0 aromatic heterocycles. The summed E-state index contributed by atoms with van der Waals surface area (Å²) in [4.78, 5) is 0. The van der Waals surface area contributed by atoms with Crippen molar-refractivity contribution in [1.82, 2.24) is 5.32 Å². The van der Waals surface area contributed by atoms with Crippen LogP contribution in [0.4, 0.5) is 4.39 Å². The number of nitrogens with two attached hydrogens (primary N) is 1. The lowest BCUT2D eigenvalue weighted by Gasteiger charge is -2.29. The van der Waals surface area contributed by atoms with E-state index in [2.05, 4.69) is 18.8 Å². The van der Waals surface area contributed by atoms with Gasteiger partial charge in [0.1, 0.15) is 12.0 Å². The zero-order valence-electron chi connectivity index (χ0n) is 8.22. The molecular weight excluding hydrogens is 167 g/mol. The van der Waals surface area contributed by atoms with Crippen molar-refractivity contribution in [2.75, 3.05) is 0 Å². The van der Waals surface area contributed by atoms with Crippen LogP contribution in [0.2, 0.25) is 0 Å². The highest BCUT2D eigenvalue weighted by molar-refractivity contribution is 4.93. The van der Waals surface area contributed by atoms with E-state index in [9.17, 15) is 4.39 Å². The predicted molar refractivity (Wildman–Crippen MR) is 52.8 cm³/mol. The van der Waals surface area contributed by atoms with Crippen molar-refractivity contribution in [2.24, 2.45) is 11.7 Å². The third-order valence-electron chi connectivity index (χ3n) is 2.69. The van der Waals surface area contributed by atoms with Crippen LogP contribution in [0.1, 0.15) is 32.6 Å². The molecule has 0 saturated heterocycles. The van der Waals surface area contributed by atoms with Gasteiger partial charge in [-0.05, 0) is 18.8 Å². The van der Waals surface area contributed by atoms with Crippen LogP contribution in [0, 0.1) is 5.92 Å². The molecule has 0 unspecified atom stereocenters. The number of hydrogen-bond donors (Lipinski definition) is 2. The number of hydrogen-bond acceptors (Lipinski definition) is 2. The molecule has 0 heterocycles. The third-order valence-corrected chi connectivity index (χ3v) is 2.69. The standard InChI is InChI=1S/C10H19FN2/c1-7-4-3-5-9(6-7)13-10(12)8(2)11/h7,9-10,13H,2-6,12H2,1H3/t7-,9+,10+/m0/s1. The molecule has 13 heavy (non-hydrogen) atoms. The minimum absolute atomic E-state index is 0.367. The monoisotopic (exact) mass is 186 g/mol. The van der Waals surface area contributed by atoms with Gasteiger partial charge in [0.25, 0.3) is 0 Å². The molecule has 0 amide bonds. The number of halogens is 1. The van der Waals surface area contributed by atoms with E-state index in [0.717, 1.165) is 18.8 Å². The van der Waals surface area contributed by atoms with Crippen molar-refractivity contribution < 1.29 is 4.39 Å². The number of nitrogens with one attached hydrogen (secondary N) is 1. The molecule has 1 fully saturated rings. The van der Waals surface area contributed by atoms with Crippen molar-refractivity contribution in [3.05, 3.63) is 12.4 Å². The van der Waals surface area contributed by atoms with Gasteiger partial charge < -0.3 is 5.73 Å². The van der Waals surface area contributed by atoms with Crippen LogP contribution in [0.15, 0.2) is 12.4 Å². The van der Waals surface area contributed by atoms with E-state index >= 15 is 0 Å². The maximum Gasteiger partial charge on any atom is 0.124 e. The molecule has 3 N–H and O–H groups in total. The van der Waals surface area contributed by atoms with Gasteiger partial charge in [-0.25, -0.2) is 4.39 Å². The average Bonchev–Trinajstić information content (AvgIpc) is 2.04. The Bertz CT molecular complexity index is 182. The van der Waals surface area contributed by atoms with E-state index < -0.39 is 12.0 Å². The van der Waals surface area contributed by atoms with E-state index in [0.29, 0.717) is 6.04 Å². The predicted octanol–water partition coefficient (Wildman–Crippen LogP) is 1.92. The van der Waals surface area contributed by atoms with Gasteiger partial charge in [0.2, 0.25) is 0 Å². The van der Waals surface area contributed by atoms with Crippen molar-refractivity contribution in [1.29, 1.82) is 0 Å². The van der Waals surface area contributed by atoms with Gasteiger partial charge >= 0.3 is 0 Å². The highest BCUT2D eigenvalue weighted by Crippen LogP contribution is 2.23. The Hall–Kier alpha value is -0.410. The zero-order chi connectivity index (χ0) is 9.84. The summed E-state index contributed by atoms with van der Waals surface area (Å²) in [6.45, 7) is 5.41. The first-order valence-electron chi connectivity index (χ1n) is 4.95. The number of rotatable bonds is 3. The molecule has 2 nitrogen and oxygen atoms in total. The summed E-state index contributed by atoms with van der Waals surface area (Å²) < 4.78 is 12.6. The molecular formula is C10H19FN2. The summed E-state index contributed by atoms with van der Waals surface area (Å²) >= 11 is 0. The molecule has 1 rings (SSSR count). The van der Waals surface area contributed by atoms with Crippen LogP contribution in [-0.4, -0.2) is 12.2 Å². The molecule has 0 aliphatic heterocycles. The summed E-state index contributed by atoms with van der Waals surface area (Å²) in [5.41, 5.74) is 5.51. The molecule has 3 heteroatoms. The van der Waals surface area contributed by atoms with E-state index in [1.54, 1.807) is 0 Å². The minimum Gasteiger partial charge on any atom is -0.310 e. The molecule has 1 aliphatic carbocycles. The first kappa shape index (κ1) is 10.7. The summed E-state index contributed by atoms with van der Waals surface area (Å²) in [5.74, 6) is 0.254. The Balaban J connectivity index is 2.31. The lowest BCUT2D eigenvalue weighted by Crippen LogP contribution is -2.46. The summed E-state index contributed by atoms with van der Waals surface area (Å²) in [6.07, 6.45) is 4.01. The van der Waals surface area contributed by atoms with Gasteiger partial charge in [0, 0.05) is 6.04 Å². The van der Waals surface area contributed by atoms with Crippen molar-refractivity contribution in [2.45, 2.75) is 44.8 Å². The second kappa shape index (κ2) is 4.72. The zero-order valence-corrected chi connectivity index (χ0v) is 8.22. The highest BCUT2D eigenvalue weighted by Gasteiger charge is 2.20. The van der Waals surface area contributed by atoms with Crippen LogP contribution in [0.3, 0.4) is 0 Å². The van der Waals surface area contributed by atoms with Gasteiger partial charge in [-0.3, -0.25) is 5.32 Å². The highest BCUT2D eigenvalue weighted by atomic mass is 19.1. The largest absolute Gasteiger partial charge is 0.310 e. The molecule has 3 atom stereocenters. The molecule has 1 aliphatic rings. The average molecular weight is 186 g/mol. The van der Waals surface area contributed by atoms with Crippen molar-refractivity contribution >= 4 is 0 Å². The Morgan fingerprint density at radius 2 is 2.31 bits per heavy atom. The Kier molecular flexibility index (Phi) is 3.88. The van der Waals surface area contributed by atoms with Crippen molar-refractivity contribution in [3.63, 3.8) is 0 Å². The normalized spacial score (nSPS) is 31.3. The molecule has 0 radical (unpaired) electrons.